The summed E-state index contributed by atoms with van der Waals surface area (Å²) in [7, 11) is 0. The van der Waals surface area contributed by atoms with E-state index in [4.69, 9.17) is 21.8 Å². The van der Waals surface area contributed by atoms with Gasteiger partial charge in [-0.25, -0.2) is 4.98 Å². The van der Waals surface area contributed by atoms with Crippen molar-refractivity contribution in [3.63, 3.8) is 0 Å². The molecule has 80 valence electrons. The maximum atomic E-state index is 5.98. The number of para-hydroxylation sites is 1. The maximum absolute atomic E-state index is 5.98. The second-order valence-corrected chi connectivity index (χ2v) is 4.77. The van der Waals surface area contributed by atoms with Crippen molar-refractivity contribution in [3.05, 3.63) is 29.1 Å². The second-order valence-electron chi connectivity index (χ2n) is 4.36. The van der Waals surface area contributed by atoms with Gasteiger partial charge in [-0.05, 0) is 26.0 Å². The van der Waals surface area contributed by atoms with Crippen molar-refractivity contribution in [2.24, 2.45) is 5.73 Å². The van der Waals surface area contributed by atoms with Crippen LogP contribution in [0, 0.1) is 0 Å². The molecule has 0 radical (unpaired) electrons. The fourth-order valence-electron chi connectivity index (χ4n) is 1.43. The zero-order valence-electron chi connectivity index (χ0n) is 8.75. The molecule has 0 spiro atoms. The standard InChI is InChI=1S/C11H13ClN2O/c1-11(2,13)6-9-14-8-5-3-4-7(12)10(8)15-9/h3-5H,6,13H2,1-2H3. The molecule has 0 atom stereocenters. The predicted octanol–water partition coefficient (Wildman–Crippen LogP) is 2.76. The van der Waals surface area contributed by atoms with Gasteiger partial charge in [-0.2, -0.15) is 0 Å². The topological polar surface area (TPSA) is 52.0 Å². The third-order valence-corrected chi connectivity index (χ3v) is 2.32. The number of hydrogen-bond acceptors (Lipinski definition) is 3. The summed E-state index contributed by atoms with van der Waals surface area (Å²) in [6, 6.07) is 5.51. The van der Waals surface area contributed by atoms with Crippen molar-refractivity contribution in [1.82, 2.24) is 4.98 Å². The number of oxazole rings is 1. The molecule has 2 rings (SSSR count). The highest BCUT2D eigenvalue weighted by atomic mass is 35.5. The van der Waals surface area contributed by atoms with Crippen LogP contribution in [0.1, 0.15) is 19.7 Å². The molecule has 0 fully saturated rings. The van der Waals surface area contributed by atoms with Crippen LogP contribution in [0.2, 0.25) is 5.02 Å². The first-order chi connectivity index (χ1) is 6.96. The molecule has 1 heterocycles. The monoisotopic (exact) mass is 224 g/mol. The average molecular weight is 225 g/mol. The Bertz CT molecular complexity index is 485. The Labute approximate surface area is 93.2 Å². The molecule has 0 amide bonds. The van der Waals surface area contributed by atoms with Crippen LogP contribution >= 0.6 is 11.6 Å². The van der Waals surface area contributed by atoms with E-state index in [1.54, 1.807) is 6.07 Å². The Morgan fingerprint density at radius 1 is 1.47 bits per heavy atom. The van der Waals surface area contributed by atoms with Gasteiger partial charge in [0.1, 0.15) is 5.52 Å². The van der Waals surface area contributed by atoms with Gasteiger partial charge < -0.3 is 10.2 Å². The molecular weight excluding hydrogens is 212 g/mol. The summed E-state index contributed by atoms with van der Waals surface area (Å²) in [5, 5.41) is 0.584. The summed E-state index contributed by atoms with van der Waals surface area (Å²) < 4.78 is 5.55. The van der Waals surface area contributed by atoms with Gasteiger partial charge >= 0.3 is 0 Å². The molecule has 2 N–H and O–H groups in total. The Morgan fingerprint density at radius 2 is 2.20 bits per heavy atom. The van der Waals surface area contributed by atoms with E-state index in [1.807, 2.05) is 26.0 Å². The highest BCUT2D eigenvalue weighted by molar-refractivity contribution is 6.34. The molecule has 0 bridgehead atoms. The molecule has 0 aliphatic rings. The molecule has 0 saturated heterocycles. The largest absolute Gasteiger partial charge is 0.439 e. The normalized spacial score (nSPS) is 12.3. The molecule has 3 nitrogen and oxygen atoms in total. The number of halogens is 1. The number of hydrogen-bond donors (Lipinski definition) is 1. The van der Waals surface area contributed by atoms with Crippen LogP contribution < -0.4 is 5.73 Å². The summed E-state index contributed by atoms with van der Waals surface area (Å²) in [6.07, 6.45) is 0.595. The van der Waals surface area contributed by atoms with Gasteiger partial charge in [-0.15, -0.1) is 0 Å². The zero-order chi connectivity index (χ0) is 11.1. The molecule has 1 aromatic heterocycles. The van der Waals surface area contributed by atoms with E-state index in [0.717, 1.165) is 5.52 Å². The minimum Gasteiger partial charge on any atom is -0.439 e. The molecule has 0 aliphatic carbocycles. The summed E-state index contributed by atoms with van der Waals surface area (Å²) in [5.74, 6) is 0.630. The molecule has 2 aromatic rings. The number of nitrogens with two attached hydrogens (primary N) is 1. The lowest BCUT2D eigenvalue weighted by Crippen LogP contribution is -2.34. The van der Waals surface area contributed by atoms with Crippen LogP contribution in [0.3, 0.4) is 0 Å². The first kappa shape index (κ1) is 10.5. The molecule has 4 heteroatoms. The minimum absolute atomic E-state index is 0.326. The smallest absolute Gasteiger partial charge is 0.197 e. The van der Waals surface area contributed by atoms with Crippen LogP contribution in [-0.4, -0.2) is 10.5 Å². The van der Waals surface area contributed by atoms with Crippen molar-refractivity contribution in [2.45, 2.75) is 25.8 Å². The number of rotatable bonds is 2. The first-order valence-corrected chi connectivity index (χ1v) is 5.16. The van der Waals surface area contributed by atoms with Gasteiger partial charge in [-0.1, -0.05) is 17.7 Å². The fraction of sp³-hybridized carbons (Fsp3) is 0.364. The summed E-state index contributed by atoms with van der Waals surface area (Å²) >= 11 is 5.98. The van der Waals surface area contributed by atoms with E-state index in [1.165, 1.54) is 0 Å². The van der Waals surface area contributed by atoms with Crippen molar-refractivity contribution >= 4 is 22.7 Å². The molecule has 0 aliphatic heterocycles. The van der Waals surface area contributed by atoms with Crippen LogP contribution in [0.15, 0.2) is 22.6 Å². The fourth-order valence-corrected chi connectivity index (χ4v) is 1.64. The van der Waals surface area contributed by atoms with Gasteiger partial charge in [-0.3, -0.25) is 0 Å². The molecule has 0 unspecified atom stereocenters. The lowest BCUT2D eigenvalue weighted by Gasteiger charge is -2.14. The third-order valence-electron chi connectivity index (χ3n) is 2.02. The van der Waals surface area contributed by atoms with Gasteiger partial charge in [0.2, 0.25) is 0 Å². The minimum atomic E-state index is -0.326. The summed E-state index contributed by atoms with van der Waals surface area (Å²) in [5.41, 5.74) is 6.99. The van der Waals surface area contributed by atoms with E-state index in [0.29, 0.717) is 22.9 Å². The molecule has 1 aromatic carbocycles. The Hall–Kier alpha value is -1.06. The van der Waals surface area contributed by atoms with E-state index in [9.17, 15) is 0 Å². The SMILES string of the molecule is CC(C)(N)Cc1nc2cccc(Cl)c2o1. The van der Waals surface area contributed by atoms with Crippen LogP contribution in [0.5, 0.6) is 0 Å². The zero-order valence-corrected chi connectivity index (χ0v) is 9.51. The van der Waals surface area contributed by atoms with Crippen LogP contribution in [-0.2, 0) is 6.42 Å². The number of fused-ring (bicyclic) bond motifs is 1. The molecule has 15 heavy (non-hydrogen) atoms. The lowest BCUT2D eigenvalue weighted by molar-refractivity contribution is 0.433. The Morgan fingerprint density at radius 3 is 2.80 bits per heavy atom. The highest BCUT2D eigenvalue weighted by Crippen LogP contribution is 2.25. The molecule has 0 saturated carbocycles. The van der Waals surface area contributed by atoms with Crippen LogP contribution in [0.25, 0.3) is 11.1 Å². The van der Waals surface area contributed by atoms with Crippen molar-refractivity contribution < 1.29 is 4.42 Å². The van der Waals surface area contributed by atoms with Gasteiger partial charge in [0.25, 0.3) is 0 Å². The first-order valence-electron chi connectivity index (χ1n) is 4.78. The van der Waals surface area contributed by atoms with Gasteiger partial charge in [0.15, 0.2) is 11.5 Å². The third kappa shape index (κ3) is 2.30. The van der Waals surface area contributed by atoms with Crippen LogP contribution in [0.4, 0.5) is 0 Å². The molecular formula is C11H13ClN2O. The van der Waals surface area contributed by atoms with E-state index < -0.39 is 0 Å². The highest BCUT2D eigenvalue weighted by Gasteiger charge is 2.17. The number of nitrogens with zero attached hydrogens (tertiary/aromatic N) is 1. The van der Waals surface area contributed by atoms with Crippen molar-refractivity contribution in [2.75, 3.05) is 0 Å². The van der Waals surface area contributed by atoms with Gasteiger partial charge in [0, 0.05) is 12.0 Å². The second kappa shape index (κ2) is 3.51. The maximum Gasteiger partial charge on any atom is 0.197 e. The quantitative estimate of drug-likeness (QED) is 0.854. The van der Waals surface area contributed by atoms with Gasteiger partial charge in [0.05, 0.1) is 5.02 Å². The van der Waals surface area contributed by atoms with Crippen molar-refractivity contribution in [1.29, 1.82) is 0 Å². The predicted molar refractivity (Wildman–Crippen MR) is 61.0 cm³/mol. The number of benzene rings is 1. The Kier molecular flexibility index (Phi) is 2.44. The van der Waals surface area contributed by atoms with E-state index in [-0.39, 0.29) is 5.54 Å². The number of aromatic nitrogens is 1. The van der Waals surface area contributed by atoms with E-state index >= 15 is 0 Å². The summed E-state index contributed by atoms with van der Waals surface area (Å²) in [4.78, 5) is 4.33. The lowest BCUT2D eigenvalue weighted by atomic mass is 10.0. The van der Waals surface area contributed by atoms with Crippen molar-refractivity contribution in [3.8, 4) is 0 Å². The average Bonchev–Trinajstić information content (AvgIpc) is 2.45. The summed E-state index contributed by atoms with van der Waals surface area (Å²) in [6.45, 7) is 3.87. The van der Waals surface area contributed by atoms with E-state index in [2.05, 4.69) is 4.98 Å². The Balaban J connectivity index is 2.44.